The van der Waals surface area contributed by atoms with E-state index in [4.69, 9.17) is 5.73 Å². The van der Waals surface area contributed by atoms with Crippen LogP contribution in [0.1, 0.15) is 44.0 Å². The molecule has 108 valence electrons. The molecule has 0 bridgehead atoms. The molecule has 0 aromatic carbocycles. The third kappa shape index (κ3) is 3.88. The third-order valence-electron chi connectivity index (χ3n) is 3.38. The highest BCUT2D eigenvalue weighted by molar-refractivity contribution is 5.50. The van der Waals surface area contributed by atoms with Crippen LogP contribution in [-0.4, -0.2) is 35.0 Å². The van der Waals surface area contributed by atoms with Gasteiger partial charge in [0.15, 0.2) is 5.82 Å². The van der Waals surface area contributed by atoms with Crippen molar-refractivity contribution in [2.45, 2.75) is 52.7 Å². The van der Waals surface area contributed by atoms with Gasteiger partial charge in [-0.2, -0.15) is 5.10 Å². The summed E-state index contributed by atoms with van der Waals surface area (Å²) in [6.07, 6.45) is 2.19. The first kappa shape index (κ1) is 15.9. The Balaban J connectivity index is 3.06. The molecule has 0 radical (unpaired) electrons. The fourth-order valence-corrected chi connectivity index (χ4v) is 2.25. The smallest absolute Gasteiger partial charge is 0.155 e. The number of nitrogens with two attached hydrogens (primary N) is 1. The molecule has 0 saturated carbocycles. The quantitative estimate of drug-likeness (QED) is 0.777. The number of aromatic nitrogens is 2. The lowest BCUT2D eigenvalue weighted by Crippen LogP contribution is -2.26. The van der Waals surface area contributed by atoms with Gasteiger partial charge in [-0.25, -0.2) is 0 Å². The summed E-state index contributed by atoms with van der Waals surface area (Å²) in [4.78, 5) is 2.03. The van der Waals surface area contributed by atoms with Crippen molar-refractivity contribution in [1.82, 2.24) is 10.2 Å². The van der Waals surface area contributed by atoms with Crippen molar-refractivity contribution < 1.29 is 5.11 Å². The number of aryl methyl sites for hydroxylation is 1. The lowest BCUT2D eigenvalue weighted by Gasteiger charge is -2.23. The maximum absolute atomic E-state index is 9.37. The van der Waals surface area contributed by atoms with Crippen LogP contribution in [-0.2, 0) is 19.4 Å². The van der Waals surface area contributed by atoms with Crippen molar-refractivity contribution in [2.75, 3.05) is 18.5 Å². The number of rotatable bonds is 7. The van der Waals surface area contributed by atoms with Gasteiger partial charge < -0.3 is 15.7 Å². The van der Waals surface area contributed by atoms with Crippen LogP contribution in [0.3, 0.4) is 0 Å². The van der Waals surface area contributed by atoms with E-state index in [9.17, 15) is 5.11 Å². The number of hydrogen-bond acceptors (Lipinski definition) is 5. The number of aliphatic hydroxyl groups is 1. The molecule has 5 heteroatoms. The molecule has 1 atom stereocenters. The van der Waals surface area contributed by atoms with Crippen molar-refractivity contribution in [2.24, 2.45) is 5.73 Å². The van der Waals surface area contributed by atoms with Gasteiger partial charge in [0.05, 0.1) is 11.8 Å². The average Bonchev–Trinajstić information content (AvgIpc) is 2.42. The summed E-state index contributed by atoms with van der Waals surface area (Å²) in [7, 11) is 1.97. The maximum atomic E-state index is 9.37. The lowest BCUT2D eigenvalue weighted by atomic mass is 10.0. The second-order valence-corrected chi connectivity index (χ2v) is 4.90. The molecule has 1 aromatic rings. The number of nitrogens with zero attached hydrogens (tertiary/aromatic N) is 3. The Hall–Kier alpha value is -1.20. The van der Waals surface area contributed by atoms with E-state index in [0.29, 0.717) is 13.0 Å². The number of aliphatic hydroxyl groups excluding tert-OH is 1. The molecule has 0 saturated heterocycles. The standard InChI is InChI=1S/C14H26N4O/c1-5-11-12(9-15)14(17-16-13(11)6-2)18(4)8-7-10(3)19/h10,19H,5-9,15H2,1-4H3. The first-order valence-corrected chi connectivity index (χ1v) is 7.01. The molecule has 19 heavy (non-hydrogen) atoms. The minimum absolute atomic E-state index is 0.308. The predicted molar refractivity (Wildman–Crippen MR) is 78.2 cm³/mol. The van der Waals surface area contributed by atoms with E-state index in [-0.39, 0.29) is 6.10 Å². The Morgan fingerprint density at radius 1 is 1.21 bits per heavy atom. The van der Waals surface area contributed by atoms with Crippen LogP contribution >= 0.6 is 0 Å². The van der Waals surface area contributed by atoms with Crippen molar-refractivity contribution >= 4 is 5.82 Å². The van der Waals surface area contributed by atoms with Crippen molar-refractivity contribution in [3.8, 4) is 0 Å². The Labute approximate surface area is 115 Å². The summed E-state index contributed by atoms with van der Waals surface area (Å²) in [6, 6.07) is 0. The summed E-state index contributed by atoms with van der Waals surface area (Å²) in [5.41, 5.74) is 9.24. The summed E-state index contributed by atoms with van der Waals surface area (Å²) in [5, 5.41) is 18.0. The van der Waals surface area contributed by atoms with Gasteiger partial charge in [-0.05, 0) is 31.7 Å². The molecule has 1 aromatic heterocycles. The number of anilines is 1. The fourth-order valence-electron chi connectivity index (χ4n) is 2.25. The zero-order valence-corrected chi connectivity index (χ0v) is 12.5. The van der Waals surface area contributed by atoms with E-state index in [1.807, 2.05) is 11.9 Å². The van der Waals surface area contributed by atoms with E-state index in [0.717, 1.165) is 36.5 Å². The van der Waals surface area contributed by atoms with Crippen LogP contribution in [0.2, 0.25) is 0 Å². The van der Waals surface area contributed by atoms with E-state index in [1.54, 1.807) is 6.92 Å². The molecule has 1 rings (SSSR count). The molecular formula is C14H26N4O. The molecule has 0 amide bonds. The minimum atomic E-state index is -0.308. The average molecular weight is 266 g/mol. The van der Waals surface area contributed by atoms with Crippen LogP contribution in [0.4, 0.5) is 5.82 Å². The highest BCUT2D eigenvalue weighted by Gasteiger charge is 2.16. The molecule has 0 aliphatic carbocycles. The molecular weight excluding hydrogens is 240 g/mol. The highest BCUT2D eigenvalue weighted by Crippen LogP contribution is 2.23. The zero-order chi connectivity index (χ0) is 14.4. The van der Waals surface area contributed by atoms with Gasteiger partial charge in [0.1, 0.15) is 0 Å². The minimum Gasteiger partial charge on any atom is -0.393 e. The van der Waals surface area contributed by atoms with Gasteiger partial charge in [0.25, 0.3) is 0 Å². The Kier molecular flexibility index (Phi) is 6.18. The van der Waals surface area contributed by atoms with Crippen LogP contribution in [0.5, 0.6) is 0 Å². The zero-order valence-electron chi connectivity index (χ0n) is 12.5. The van der Waals surface area contributed by atoms with Gasteiger partial charge in [0, 0.05) is 25.7 Å². The first-order chi connectivity index (χ1) is 9.04. The Bertz CT molecular complexity index is 407. The molecule has 5 nitrogen and oxygen atoms in total. The molecule has 0 spiro atoms. The van der Waals surface area contributed by atoms with E-state index in [2.05, 4.69) is 24.0 Å². The molecule has 3 N–H and O–H groups in total. The predicted octanol–water partition coefficient (Wildman–Crippen LogP) is 1.27. The van der Waals surface area contributed by atoms with Gasteiger partial charge in [0.2, 0.25) is 0 Å². The lowest BCUT2D eigenvalue weighted by molar-refractivity contribution is 0.186. The summed E-state index contributed by atoms with van der Waals surface area (Å²) in [5.74, 6) is 0.845. The second kappa shape index (κ2) is 7.40. The largest absolute Gasteiger partial charge is 0.393 e. The van der Waals surface area contributed by atoms with Crippen molar-refractivity contribution in [3.63, 3.8) is 0 Å². The molecule has 0 aliphatic rings. The van der Waals surface area contributed by atoms with Crippen molar-refractivity contribution in [3.05, 3.63) is 16.8 Å². The normalized spacial score (nSPS) is 12.5. The molecule has 0 aliphatic heterocycles. The van der Waals surface area contributed by atoms with Gasteiger partial charge in [-0.15, -0.1) is 5.10 Å². The molecule has 0 fully saturated rings. The molecule has 1 unspecified atom stereocenters. The second-order valence-electron chi connectivity index (χ2n) is 4.90. The maximum Gasteiger partial charge on any atom is 0.155 e. The SMILES string of the molecule is CCc1nnc(N(C)CCC(C)O)c(CN)c1CC. The van der Waals surface area contributed by atoms with E-state index >= 15 is 0 Å². The van der Waals surface area contributed by atoms with Crippen molar-refractivity contribution in [1.29, 1.82) is 0 Å². The Morgan fingerprint density at radius 3 is 2.37 bits per heavy atom. The topological polar surface area (TPSA) is 75.3 Å². The van der Waals surface area contributed by atoms with Gasteiger partial charge in [-0.3, -0.25) is 0 Å². The first-order valence-electron chi connectivity index (χ1n) is 7.01. The highest BCUT2D eigenvalue weighted by atomic mass is 16.3. The van der Waals surface area contributed by atoms with Crippen LogP contribution in [0, 0.1) is 0 Å². The van der Waals surface area contributed by atoms with E-state index < -0.39 is 0 Å². The van der Waals surface area contributed by atoms with Gasteiger partial charge in [-0.1, -0.05) is 13.8 Å². The fraction of sp³-hybridized carbons (Fsp3) is 0.714. The van der Waals surface area contributed by atoms with Crippen LogP contribution in [0.15, 0.2) is 0 Å². The van der Waals surface area contributed by atoms with Gasteiger partial charge >= 0.3 is 0 Å². The summed E-state index contributed by atoms with van der Waals surface area (Å²) < 4.78 is 0. The summed E-state index contributed by atoms with van der Waals surface area (Å²) >= 11 is 0. The van der Waals surface area contributed by atoms with Crippen LogP contribution in [0.25, 0.3) is 0 Å². The molecule has 1 heterocycles. The third-order valence-corrected chi connectivity index (χ3v) is 3.38. The monoisotopic (exact) mass is 266 g/mol. The van der Waals surface area contributed by atoms with Crippen LogP contribution < -0.4 is 10.6 Å². The number of hydrogen-bond donors (Lipinski definition) is 2. The Morgan fingerprint density at radius 2 is 1.89 bits per heavy atom. The van der Waals surface area contributed by atoms with E-state index in [1.165, 1.54) is 5.56 Å². The summed E-state index contributed by atoms with van der Waals surface area (Å²) in [6.45, 7) is 7.21.